The van der Waals surface area contributed by atoms with Crippen LogP contribution in [-0.4, -0.2) is 9.78 Å². The van der Waals surface area contributed by atoms with Crippen LogP contribution in [0, 0.1) is 0 Å². The molecule has 0 radical (unpaired) electrons. The van der Waals surface area contributed by atoms with Crippen molar-refractivity contribution in [1.29, 1.82) is 0 Å². The van der Waals surface area contributed by atoms with Gasteiger partial charge < -0.3 is 0 Å². The average Bonchev–Trinajstić information content (AvgIpc) is 3.08. The van der Waals surface area contributed by atoms with E-state index in [-0.39, 0.29) is 0 Å². The van der Waals surface area contributed by atoms with Crippen LogP contribution < -0.4 is 0 Å². The molecule has 0 saturated carbocycles. The zero-order valence-corrected chi connectivity index (χ0v) is 14.7. The van der Waals surface area contributed by atoms with Gasteiger partial charge in [-0.2, -0.15) is 5.10 Å². The summed E-state index contributed by atoms with van der Waals surface area (Å²) in [6.07, 6.45) is 0. The van der Waals surface area contributed by atoms with Crippen molar-refractivity contribution < 1.29 is 0 Å². The molecule has 2 nitrogen and oxygen atoms in total. The molecule has 4 heteroatoms. The van der Waals surface area contributed by atoms with Crippen molar-refractivity contribution in [3.05, 3.63) is 95.0 Å². The lowest BCUT2D eigenvalue weighted by molar-refractivity contribution is 0.892. The van der Waals surface area contributed by atoms with E-state index in [4.69, 9.17) is 28.3 Å². The Bertz CT molecular complexity index is 952. The van der Waals surface area contributed by atoms with E-state index < -0.39 is 0 Å². The number of nitrogens with zero attached hydrogens (tertiary/aromatic N) is 2. The zero-order valence-electron chi connectivity index (χ0n) is 13.2. The van der Waals surface area contributed by atoms with Crippen molar-refractivity contribution in [2.45, 2.75) is 0 Å². The van der Waals surface area contributed by atoms with Crippen molar-refractivity contribution in [1.82, 2.24) is 9.78 Å². The minimum Gasteiger partial charge on any atom is -0.232 e. The third-order valence-corrected chi connectivity index (χ3v) is 4.53. The predicted molar refractivity (Wildman–Crippen MR) is 104 cm³/mol. The molecule has 0 atom stereocenters. The number of hydrogen-bond donors (Lipinski definition) is 0. The third kappa shape index (κ3) is 3.19. The molecule has 0 spiro atoms. The van der Waals surface area contributed by atoms with Crippen LogP contribution in [-0.2, 0) is 0 Å². The van der Waals surface area contributed by atoms with Crippen molar-refractivity contribution in [3.8, 4) is 28.2 Å². The van der Waals surface area contributed by atoms with Gasteiger partial charge >= 0.3 is 0 Å². The Morgan fingerprint density at radius 2 is 1.40 bits per heavy atom. The molecule has 25 heavy (non-hydrogen) atoms. The smallest absolute Gasteiger partial charge is 0.0949 e. The summed E-state index contributed by atoms with van der Waals surface area (Å²) >= 11 is 12.4. The topological polar surface area (TPSA) is 17.8 Å². The van der Waals surface area contributed by atoms with Gasteiger partial charge in [-0.05, 0) is 36.4 Å². The quantitative estimate of drug-likeness (QED) is 0.404. The van der Waals surface area contributed by atoms with E-state index in [9.17, 15) is 0 Å². The molecule has 0 fully saturated rings. The van der Waals surface area contributed by atoms with Crippen LogP contribution >= 0.6 is 23.2 Å². The molecule has 0 aliphatic rings. The Morgan fingerprint density at radius 1 is 0.720 bits per heavy atom. The van der Waals surface area contributed by atoms with E-state index in [1.807, 2.05) is 65.3 Å². The van der Waals surface area contributed by atoms with Crippen molar-refractivity contribution in [3.63, 3.8) is 0 Å². The molecule has 4 rings (SSSR count). The second kappa shape index (κ2) is 6.75. The fraction of sp³-hybridized carbons (Fsp3) is 0. The normalized spacial score (nSPS) is 10.8. The summed E-state index contributed by atoms with van der Waals surface area (Å²) in [7, 11) is 0. The van der Waals surface area contributed by atoms with Crippen LogP contribution in [0.15, 0.2) is 84.9 Å². The molecule has 0 amide bonds. The van der Waals surface area contributed by atoms with Crippen molar-refractivity contribution in [2.75, 3.05) is 0 Å². The van der Waals surface area contributed by atoms with Crippen LogP contribution in [0.3, 0.4) is 0 Å². The van der Waals surface area contributed by atoms with Crippen molar-refractivity contribution >= 4 is 23.2 Å². The monoisotopic (exact) mass is 364 g/mol. The first kappa shape index (κ1) is 15.9. The fourth-order valence-corrected chi connectivity index (χ4v) is 3.30. The Morgan fingerprint density at radius 3 is 2.08 bits per heavy atom. The number of hydrogen-bond acceptors (Lipinski definition) is 1. The minimum atomic E-state index is 0.588. The van der Waals surface area contributed by atoms with Gasteiger partial charge in [0.2, 0.25) is 0 Å². The summed E-state index contributed by atoms with van der Waals surface area (Å²) in [6.45, 7) is 0. The lowest BCUT2D eigenvalue weighted by atomic mass is 10.1. The summed E-state index contributed by atoms with van der Waals surface area (Å²) in [6, 6.07) is 27.8. The summed E-state index contributed by atoms with van der Waals surface area (Å²) in [5.74, 6) is 0. The molecule has 1 aromatic heterocycles. The highest BCUT2D eigenvalue weighted by molar-refractivity contribution is 6.36. The van der Waals surface area contributed by atoms with Gasteiger partial charge in [-0.15, -0.1) is 0 Å². The van der Waals surface area contributed by atoms with Crippen LogP contribution in [0.2, 0.25) is 10.0 Å². The van der Waals surface area contributed by atoms with E-state index in [2.05, 4.69) is 18.2 Å². The van der Waals surface area contributed by atoms with Gasteiger partial charge in [0.1, 0.15) is 0 Å². The van der Waals surface area contributed by atoms with Crippen LogP contribution in [0.25, 0.3) is 28.2 Å². The lowest BCUT2D eigenvalue weighted by Gasteiger charge is -2.07. The summed E-state index contributed by atoms with van der Waals surface area (Å²) in [4.78, 5) is 0. The number of rotatable bonds is 3. The number of halogens is 2. The fourth-order valence-electron chi connectivity index (χ4n) is 2.79. The lowest BCUT2D eigenvalue weighted by Crippen LogP contribution is -1.98. The SMILES string of the molecule is Clc1ccc(-c2cc(-c3ccccc3)n(-c3ccccc3)n2)c(Cl)c1. The molecule has 0 aliphatic carbocycles. The number of aromatic nitrogens is 2. The van der Waals surface area contributed by atoms with E-state index in [1.165, 1.54) is 0 Å². The Kier molecular flexibility index (Phi) is 4.31. The highest BCUT2D eigenvalue weighted by atomic mass is 35.5. The Labute approximate surface area is 156 Å². The van der Waals surface area contributed by atoms with E-state index in [0.717, 1.165) is 28.2 Å². The molecule has 0 bridgehead atoms. The number of benzene rings is 3. The minimum absolute atomic E-state index is 0.588. The van der Waals surface area contributed by atoms with Gasteiger partial charge in [-0.3, -0.25) is 0 Å². The first-order chi connectivity index (χ1) is 12.2. The summed E-state index contributed by atoms with van der Waals surface area (Å²) in [5.41, 5.74) is 4.77. The van der Waals surface area contributed by atoms with Crippen molar-refractivity contribution in [2.24, 2.45) is 0 Å². The van der Waals surface area contributed by atoms with E-state index in [1.54, 1.807) is 6.07 Å². The van der Waals surface area contributed by atoms with Gasteiger partial charge in [0.25, 0.3) is 0 Å². The Balaban J connectivity index is 1.92. The molecule has 0 N–H and O–H groups in total. The Hall–Kier alpha value is -2.55. The maximum atomic E-state index is 6.38. The molecule has 1 heterocycles. The highest BCUT2D eigenvalue weighted by Gasteiger charge is 2.14. The molecular formula is C21H14Cl2N2. The molecular weight excluding hydrogens is 351 g/mol. The van der Waals surface area contributed by atoms with Gasteiger partial charge in [-0.25, -0.2) is 4.68 Å². The number of para-hydroxylation sites is 1. The standard InChI is InChI=1S/C21H14Cl2N2/c22-16-11-12-18(19(23)13-16)20-14-21(15-7-3-1-4-8-15)25(24-20)17-9-5-2-6-10-17/h1-14H. The average molecular weight is 365 g/mol. The van der Waals surface area contributed by atoms with Gasteiger partial charge in [-0.1, -0.05) is 71.7 Å². The summed E-state index contributed by atoms with van der Waals surface area (Å²) in [5, 5.41) is 6.01. The van der Waals surface area contributed by atoms with Crippen LogP contribution in [0.5, 0.6) is 0 Å². The molecule has 4 aromatic rings. The predicted octanol–water partition coefficient (Wildman–Crippen LogP) is 6.51. The van der Waals surface area contributed by atoms with Crippen LogP contribution in [0.4, 0.5) is 0 Å². The van der Waals surface area contributed by atoms with Gasteiger partial charge in [0, 0.05) is 16.1 Å². The largest absolute Gasteiger partial charge is 0.232 e. The second-order valence-corrected chi connectivity index (χ2v) is 6.50. The molecule has 122 valence electrons. The molecule has 0 saturated heterocycles. The van der Waals surface area contributed by atoms with E-state index >= 15 is 0 Å². The van der Waals surface area contributed by atoms with E-state index in [0.29, 0.717) is 10.0 Å². The zero-order chi connectivity index (χ0) is 17.2. The maximum absolute atomic E-state index is 6.38. The highest BCUT2D eigenvalue weighted by Crippen LogP contribution is 2.33. The molecule has 3 aromatic carbocycles. The van der Waals surface area contributed by atoms with Gasteiger partial charge in [0.15, 0.2) is 0 Å². The third-order valence-electron chi connectivity index (χ3n) is 3.99. The van der Waals surface area contributed by atoms with Crippen LogP contribution in [0.1, 0.15) is 0 Å². The summed E-state index contributed by atoms with van der Waals surface area (Å²) < 4.78 is 1.94. The first-order valence-corrected chi connectivity index (χ1v) is 8.64. The molecule has 0 unspecified atom stereocenters. The molecule has 0 aliphatic heterocycles. The van der Waals surface area contributed by atoms with Gasteiger partial charge in [0.05, 0.1) is 22.1 Å². The first-order valence-electron chi connectivity index (χ1n) is 7.89. The second-order valence-electron chi connectivity index (χ2n) is 5.65. The maximum Gasteiger partial charge on any atom is 0.0949 e.